The quantitative estimate of drug-likeness (QED) is 0.287. The van der Waals surface area contributed by atoms with Gasteiger partial charge in [0.1, 0.15) is 0 Å². The van der Waals surface area contributed by atoms with Crippen molar-refractivity contribution in [2.45, 2.75) is 36.7 Å². The van der Waals surface area contributed by atoms with E-state index in [1.807, 2.05) is 24.3 Å². The second kappa shape index (κ2) is 9.51. The molecule has 0 saturated heterocycles. The lowest BCUT2D eigenvalue weighted by molar-refractivity contribution is -0.129. The number of aliphatic hydroxyl groups is 1. The molecular formula is C20H25NO3S. The highest BCUT2D eigenvalue weighted by atomic mass is 32.2. The first-order valence-corrected chi connectivity index (χ1v) is 10.1. The lowest BCUT2D eigenvalue weighted by atomic mass is 9.99. The molecule has 3 N–H and O–H groups in total. The van der Waals surface area contributed by atoms with E-state index in [0.29, 0.717) is 12.8 Å². The van der Waals surface area contributed by atoms with Crippen molar-refractivity contribution in [3.05, 3.63) is 54.1 Å². The van der Waals surface area contributed by atoms with Gasteiger partial charge in [0.05, 0.1) is 6.10 Å². The van der Waals surface area contributed by atoms with E-state index >= 15 is 0 Å². The number of hydroxylamine groups is 1. The summed E-state index contributed by atoms with van der Waals surface area (Å²) in [6.45, 7) is 0. The van der Waals surface area contributed by atoms with Crippen LogP contribution in [0.2, 0.25) is 0 Å². The Bertz CT molecular complexity index is 711. The maximum atomic E-state index is 10.9. The van der Waals surface area contributed by atoms with Crippen LogP contribution in [0.15, 0.2) is 53.4 Å². The average Bonchev–Trinajstić information content (AvgIpc) is 2.65. The molecular weight excluding hydrogens is 334 g/mol. The summed E-state index contributed by atoms with van der Waals surface area (Å²) in [7, 11) is 0.0165. The standard InChI is InChI=1S/C20H25NO3S/c1-25(2)18-13-11-16(12-14-18)15-7-9-17(10-8-15)19(22)5-3-4-6-20(23)21-24/h7-14,19,22,24H,1,3-6H2,2H3,(H,21,23)/t19-,25?/m1/s1. The summed E-state index contributed by atoms with van der Waals surface area (Å²) in [4.78, 5) is 12.2. The third kappa shape index (κ3) is 5.81. The van der Waals surface area contributed by atoms with Gasteiger partial charge in [-0.05, 0) is 47.9 Å². The number of hydrogen-bond acceptors (Lipinski definition) is 3. The minimum absolute atomic E-state index is 0.0165. The third-order valence-corrected chi connectivity index (χ3v) is 5.22. The fraction of sp³-hybridized carbons (Fsp3) is 0.300. The average molecular weight is 359 g/mol. The van der Waals surface area contributed by atoms with Gasteiger partial charge in [0.15, 0.2) is 0 Å². The van der Waals surface area contributed by atoms with E-state index in [4.69, 9.17) is 5.21 Å². The first-order chi connectivity index (χ1) is 12.0. The van der Waals surface area contributed by atoms with Crippen LogP contribution in [0, 0.1) is 0 Å². The van der Waals surface area contributed by atoms with Gasteiger partial charge in [-0.25, -0.2) is 5.48 Å². The van der Waals surface area contributed by atoms with Crippen LogP contribution in [0.4, 0.5) is 0 Å². The molecule has 25 heavy (non-hydrogen) atoms. The summed E-state index contributed by atoms with van der Waals surface area (Å²) in [5.74, 6) is 3.66. The monoisotopic (exact) mass is 359 g/mol. The summed E-state index contributed by atoms with van der Waals surface area (Å²) in [6, 6.07) is 16.3. The Kier molecular flexibility index (Phi) is 7.37. The van der Waals surface area contributed by atoms with Gasteiger partial charge in [-0.2, -0.15) is 10.5 Å². The molecule has 5 heteroatoms. The lowest BCUT2D eigenvalue weighted by Crippen LogP contribution is -2.17. The highest BCUT2D eigenvalue weighted by molar-refractivity contribution is 8.13. The third-order valence-electron chi connectivity index (χ3n) is 4.14. The van der Waals surface area contributed by atoms with E-state index in [1.165, 1.54) is 4.90 Å². The molecule has 0 saturated carbocycles. The topological polar surface area (TPSA) is 69.6 Å². The molecule has 2 aromatic rings. The molecule has 2 atom stereocenters. The smallest absolute Gasteiger partial charge is 0.243 e. The molecule has 0 aliphatic carbocycles. The van der Waals surface area contributed by atoms with Crippen molar-refractivity contribution in [2.24, 2.45) is 0 Å². The van der Waals surface area contributed by atoms with Crippen LogP contribution >= 0.6 is 10.5 Å². The first kappa shape index (κ1) is 19.4. The van der Waals surface area contributed by atoms with Crippen LogP contribution in [0.25, 0.3) is 11.1 Å². The predicted molar refractivity (Wildman–Crippen MR) is 104 cm³/mol. The fourth-order valence-corrected chi connectivity index (χ4v) is 3.22. The van der Waals surface area contributed by atoms with E-state index in [2.05, 4.69) is 36.4 Å². The molecule has 0 fully saturated rings. The number of nitrogens with one attached hydrogen (secondary N) is 1. The molecule has 2 rings (SSSR count). The number of hydrogen-bond donors (Lipinski definition) is 3. The fourth-order valence-electron chi connectivity index (χ4n) is 2.62. The van der Waals surface area contributed by atoms with Gasteiger partial charge in [-0.3, -0.25) is 10.0 Å². The van der Waals surface area contributed by atoms with Crippen molar-refractivity contribution in [1.29, 1.82) is 0 Å². The van der Waals surface area contributed by atoms with Crippen molar-refractivity contribution in [3.63, 3.8) is 0 Å². The summed E-state index contributed by atoms with van der Waals surface area (Å²) in [5, 5.41) is 18.7. The molecule has 2 aromatic carbocycles. The van der Waals surface area contributed by atoms with Crippen LogP contribution in [0.5, 0.6) is 0 Å². The summed E-state index contributed by atoms with van der Waals surface area (Å²) >= 11 is 0. The normalized spacial score (nSPS) is 13.2. The zero-order valence-electron chi connectivity index (χ0n) is 14.4. The van der Waals surface area contributed by atoms with Gasteiger partial charge < -0.3 is 5.11 Å². The maximum absolute atomic E-state index is 10.9. The van der Waals surface area contributed by atoms with E-state index in [-0.39, 0.29) is 16.9 Å². The largest absolute Gasteiger partial charge is 0.388 e. The molecule has 0 aliphatic heterocycles. The summed E-state index contributed by atoms with van der Waals surface area (Å²) < 4.78 is 0. The van der Waals surface area contributed by atoms with Crippen molar-refractivity contribution in [2.75, 3.05) is 6.26 Å². The van der Waals surface area contributed by atoms with Gasteiger partial charge >= 0.3 is 0 Å². The number of amides is 1. The Morgan fingerprint density at radius 1 is 1.08 bits per heavy atom. The Morgan fingerprint density at radius 2 is 1.64 bits per heavy atom. The molecule has 134 valence electrons. The van der Waals surface area contributed by atoms with E-state index in [9.17, 15) is 9.90 Å². The van der Waals surface area contributed by atoms with Crippen molar-refractivity contribution in [1.82, 2.24) is 5.48 Å². The number of aliphatic hydroxyl groups excluding tert-OH is 1. The molecule has 0 bridgehead atoms. The number of benzene rings is 2. The van der Waals surface area contributed by atoms with E-state index < -0.39 is 12.0 Å². The number of unbranched alkanes of at least 4 members (excludes halogenated alkanes) is 1. The molecule has 0 radical (unpaired) electrons. The lowest BCUT2D eigenvalue weighted by Gasteiger charge is -2.12. The van der Waals surface area contributed by atoms with Crippen LogP contribution in [0.3, 0.4) is 0 Å². The van der Waals surface area contributed by atoms with Gasteiger partial charge in [0, 0.05) is 11.3 Å². The second-order valence-electron chi connectivity index (χ2n) is 6.08. The SMILES string of the molecule is C=S(C)c1ccc(-c2ccc([C@H](O)CCCCC(=O)NO)cc2)cc1. The van der Waals surface area contributed by atoms with Crippen molar-refractivity contribution in [3.8, 4) is 11.1 Å². The van der Waals surface area contributed by atoms with Crippen molar-refractivity contribution >= 4 is 22.3 Å². The predicted octanol–water partition coefficient (Wildman–Crippen LogP) is 4.14. The highest BCUT2D eigenvalue weighted by Gasteiger charge is 2.08. The number of rotatable bonds is 8. The van der Waals surface area contributed by atoms with E-state index in [1.54, 1.807) is 5.48 Å². The van der Waals surface area contributed by atoms with E-state index in [0.717, 1.165) is 23.1 Å². The number of carbonyl (C=O) groups excluding carboxylic acids is 1. The summed E-state index contributed by atoms with van der Waals surface area (Å²) in [5.41, 5.74) is 4.74. The second-order valence-corrected chi connectivity index (χ2v) is 7.83. The molecule has 0 aromatic heterocycles. The molecule has 0 spiro atoms. The van der Waals surface area contributed by atoms with Crippen LogP contribution < -0.4 is 5.48 Å². The van der Waals surface area contributed by atoms with Gasteiger partial charge in [0.2, 0.25) is 5.91 Å². The van der Waals surface area contributed by atoms with Crippen LogP contribution in [-0.4, -0.2) is 28.3 Å². The molecule has 0 heterocycles. The Balaban J connectivity index is 1.92. The summed E-state index contributed by atoms with van der Waals surface area (Å²) in [6.07, 6.45) is 3.78. The van der Waals surface area contributed by atoms with Crippen LogP contribution in [-0.2, 0) is 4.79 Å². The maximum Gasteiger partial charge on any atom is 0.243 e. The van der Waals surface area contributed by atoms with Crippen molar-refractivity contribution < 1.29 is 15.1 Å². The number of carbonyl (C=O) groups is 1. The molecule has 4 nitrogen and oxygen atoms in total. The first-order valence-electron chi connectivity index (χ1n) is 8.28. The highest BCUT2D eigenvalue weighted by Crippen LogP contribution is 2.27. The Hall–Kier alpha value is -1.95. The zero-order chi connectivity index (χ0) is 18.2. The zero-order valence-corrected chi connectivity index (χ0v) is 15.3. The Morgan fingerprint density at radius 3 is 2.16 bits per heavy atom. The molecule has 1 unspecified atom stereocenters. The molecule has 0 aliphatic rings. The van der Waals surface area contributed by atoms with Gasteiger partial charge in [-0.15, -0.1) is 0 Å². The van der Waals surface area contributed by atoms with Gasteiger partial charge in [0.25, 0.3) is 0 Å². The Labute approximate surface area is 151 Å². The van der Waals surface area contributed by atoms with Gasteiger partial charge in [-0.1, -0.05) is 48.7 Å². The minimum atomic E-state index is -0.540. The van der Waals surface area contributed by atoms with Crippen LogP contribution in [0.1, 0.15) is 37.4 Å². The molecule has 1 amide bonds. The minimum Gasteiger partial charge on any atom is -0.388 e.